The summed E-state index contributed by atoms with van der Waals surface area (Å²) >= 11 is 0. The molecule has 2 aliphatic heterocycles. The van der Waals surface area contributed by atoms with Gasteiger partial charge in [0, 0.05) is 47.6 Å². The van der Waals surface area contributed by atoms with Gasteiger partial charge in [-0.25, -0.2) is 4.79 Å². The number of aromatic nitrogens is 1. The Morgan fingerprint density at radius 1 is 1.02 bits per heavy atom. The molecule has 1 amide bonds. The van der Waals surface area contributed by atoms with Crippen molar-refractivity contribution in [2.75, 3.05) is 13.1 Å². The summed E-state index contributed by atoms with van der Waals surface area (Å²) in [6.07, 6.45) is 0.268. The predicted octanol–water partition coefficient (Wildman–Crippen LogP) is 7.08. The van der Waals surface area contributed by atoms with E-state index >= 15 is 0 Å². The third-order valence-corrected chi connectivity index (χ3v) is 9.91. The minimum Gasteiger partial charge on any atom is -0.478 e. The number of benzene rings is 2. The molecular weight excluding hydrogens is 561 g/mol. The van der Waals surface area contributed by atoms with Crippen LogP contribution in [0, 0.1) is 5.41 Å². The van der Waals surface area contributed by atoms with Crippen molar-refractivity contribution in [1.29, 1.82) is 0 Å². The molecule has 2 unspecified atom stereocenters. The van der Waals surface area contributed by atoms with Crippen LogP contribution in [-0.4, -0.2) is 58.1 Å². The number of carboxylic acid groups (broad SMARTS) is 1. The monoisotopic (exact) mass is 596 g/mol. The molecule has 7 rings (SSSR count). The van der Waals surface area contributed by atoms with Crippen LogP contribution in [0.25, 0.3) is 22.2 Å². The second-order valence-electron chi connectivity index (χ2n) is 12.9. The number of hydrogen-bond acceptors (Lipinski definition) is 4. The van der Waals surface area contributed by atoms with E-state index in [1.807, 2.05) is 30.5 Å². The number of amides is 1. The van der Waals surface area contributed by atoms with Gasteiger partial charge >= 0.3 is 12.3 Å². The van der Waals surface area contributed by atoms with Crippen LogP contribution in [0.5, 0.6) is 5.75 Å². The maximum atomic E-state index is 14.5. The quantitative estimate of drug-likeness (QED) is 0.348. The normalized spacial score (nSPS) is 27.2. The van der Waals surface area contributed by atoms with Gasteiger partial charge in [0.2, 0.25) is 5.91 Å². The van der Waals surface area contributed by atoms with Crippen molar-refractivity contribution in [1.82, 2.24) is 9.47 Å². The van der Waals surface area contributed by atoms with Crippen molar-refractivity contribution in [3.8, 4) is 17.0 Å². The molecule has 43 heavy (non-hydrogen) atoms. The molecule has 0 radical (unpaired) electrons. The summed E-state index contributed by atoms with van der Waals surface area (Å²) in [4.78, 5) is 28.4. The van der Waals surface area contributed by atoms with Crippen molar-refractivity contribution in [2.45, 2.75) is 89.3 Å². The summed E-state index contributed by atoms with van der Waals surface area (Å²) in [5.41, 5.74) is 2.72. The number of carbonyl (C=O) groups excluding carboxylic acids is 1. The van der Waals surface area contributed by atoms with E-state index in [1.165, 1.54) is 6.07 Å². The highest BCUT2D eigenvalue weighted by Gasteiger charge is 2.65. The fourth-order valence-electron chi connectivity index (χ4n) is 8.20. The Hall–Kier alpha value is -3.53. The van der Waals surface area contributed by atoms with E-state index in [1.54, 1.807) is 23.1 Å². The van der Waals surface area contributed by atoms with E-state index in [2.05, 4.69) is 4.74 Å². The van der Waals surface area contributed by atoms with Gasteiger partial charge in [0.05, 0.1) is 28.9 Å². The first-order valence-electron chi connectivity index (χ1n) is 15.2. The Morgan fingerprint density at radius 3 is 2.42 bits per heavy atom. The Labute approximate surface area is 247 Å². The van der Waals surface area contributed by atoms with Crippen LogP contribution in [-0.2, 0) is 16.1 Å². The maximum Gasteiger partial charge on any atom is 0.573 e. The largest absolute Gasteiger partial charge is 0.573 e. The SMILES string of the molecule is C[C@@H]1CN(C(=O)C23CC2c2c(OC(F)(F)F)cccc2-c2c(C4CCCCC4)c4ccc(C(=O)O)cc4n2C3)C[C@H](C)O1. The van der Waals surface area contributed by atoms with Crippen LogP contribution in [0.4, 0.5) is 13.2 Å². The molecule has 2 aliphatic carbocycles. The zero-order valence-electron chi connectivity index (χ0n) is 24.2. The van der Waals surface area contributed by atoms with Crippen LogP contribution < -0.4 is 4.74 Å². The first-order chi connectivity index (χ1) is 20.5. The van der Waals surface area contributed by atoms with E-state index in [-0.39, 0.29) is 41.9 Å². The minimum atomic E-state index is -4.90. The minimum absolute atomic E-state index is 0.101. The summed E-state index contributed by atoms with van der Waals surface area (Å²) in [6.45, 7) is 4.88. The smallest absolute Gasteiger partial charge is 0.478 e. The van der Waals surface area contributed by atoms with Gasteiger partial charge in [-0.15, -0.1) is 13.2 Å². The van der Waals surface area contributed by atoms with E-state index in [4.69, 9.17) is 4.74 Å². The van der Waals surface area contributed by atoms with Gasteiger partial charge in [0.25, 0.3) is 0 Å². The number of ether oxygens (including phenoxy) is 2. The van der Waals surface area contributed by atoms with Crippen molar-refractivity contribution < 1.29 is 37.3 Å². The second kappa shape index (κ2) is 10.0. The number of morpholine rings is 1. The standard InChI is InChI=1S/C33H35F3N2O5/c1-18-15-37(16-19(2)42-18)31(41)32-14-24(32)28-23(9-6-10-26(28)43-33(34,35)36)29-27(20-7-4-3-5-8-20)22-12-11-21(30(39)40)13-25(22)38(29)17-32/h6,9-13,18-20,24H,3-5,7-8,14-17H2,1-2H3,(H,39,40)/t18-,19+,24?,32?. The summed E-state index contributed by atoms with van der Waals surface area (Å²) in [5.74, 6) is -1.73. The third-order valence-electron chi connectivity index (χ3n) is 9.91. The molecule has 4 atom stereocenters. The molecule has 2 saturated carbocycles. The van der Waals surface area contributed by atoms with Gasteiger partial charge in [-0.2, -0.15) is 0 Å². The van der Waals surface area contributed by atoms with E-state index in [0.717, 1.165) is 48.7 Å². The van der Waals surface area contributed by atoms with Crippen molar-refractivity contribution in [2.24, 2.45) is 5.41 Å². The average Bonchev–Trinajstić information content (AvgIpc) is 3.60. The van der Waals surface area contributed by atoms with Crippen molar-refractivity contribution in [3.05, 3.63) is 53.1 Å². The molecule has 0 spiro atoms. The number of carbonyl (C=O) groups is 2. The molecule has 4 aliphatic rings. The Kier molecular flexibility index (Phi) is 6.57. The molecule has 1 saturated heterocycles. The molecule has 0 bridgehead atoms. The number of fused-ring (bicyclic) bond motifs is 7. The number of halogens is 3. The lowest BCUT2D eigenvalue weighted by molar-refractivity contribution is -0.274. The van der Waals surface area contributed by atoms with Crippen LogP contribution in [0.1, 0.15) is 85.7 Å². The zero-order valence-corrected chi connectivity index (χ0v) is 24.2. The van der Waals surface area contributed by atoms with E-state index in [9.17, 15) is 27.9 Å². The third kappa shape index (κ3) is 4.69. The van der Waals surface area contributed by atoms with Crippen LogP contribution in [0.3, 0.4) is 0 Å². The Balaban J connectivity index is 1.49. The molecule has 1 N–H and O–H groups in total. The summed E-state index contributed by atoms with van der Waals surface area (Å²) < 4.78 is 53.9. The Bertz CT molecular complexity index is 1610. The summed E-state index contributed by atoms with van der Waals surface area (Å²) in [6, 6.07) is 9.86. The van der Waals surface area contributed by atoms with Crippen LogP contribution in [0.2, 0.25) is 0 Å². The number of aromatic carboxylic acids is 1. The predicted molar refractivity (Wildman–Crippen MR) is 153 cm³/mol. The average molecular weight is 597 g/mol. The molecule has 3 heterocycles. The number of nitrogens with zero attached hydrogens (tertiary/aromatic N) is 2. The van der Waals surface area contributed by atoms with E-state index < -0.39 is 23.7 Å². The highest BCUT2D eigenvalue weighted by Crippen LogP contribution is 2.67. The van der Waals surface area contributed by atoms with Gasteiger partial charge in [-0.3, -0.25) is 4.79 Å². The fourth-order valence-corrected chi connectivity index (χ4v) is 8.20. The number of rotatable bonds is 4. The number of carboxylic acids is 1. The van der Waals surface area contributed by atoms with Crippen LogP contribution >= 0.6 is 0 Å². The number of hydrogen-bond donors (Lipinski definition) is 1. The molecule has 2 aromatic carbocycles. The van der Waals surface area contributed by atoms with Crippen molar-refractivity contribution >= 4 is 22.8 Å². The highest BCUT2D eigenvalue weighted by atomic mass is 19.4. The number of alkyl halides is 3. The molecular formula is C33H35F3N2O5. The molecule has 228 valence electrons. The molecule has 1 aromatic heterocycles. The van der Waals surface area contributed by atoms with Gasteiger partial charge in [0.1, 0.15) is 5.75 Å². The Morgan fingerprint density at radius 2 is 1.74 bits per heavy atom. The maximum absolute atomic E-state index is 14.5. The fraction of sp³-hybridized carbons (Fsp3) is 0.515. The molecule has 7 nitrogen and oxygen atoms in total. The topological polar surface area (TPSA) is 81.0 Å². The van der Waals surface area contributed by atoms with Crippen LogP contribution in [0.15, 0.2) is 36.4 Å². The lowest BCUT2D eigenvalue weighted by atomic mass is 9.81. The summed E-state index contributed by atoms with van der Waals surface area (Å²) in [7, 11) is 0. The zero-order chi connectivity index (χ0) is 30.3. The highest BCUT2D eigenvalue weighted by molar-refractivity contribution is 6.00. The van der Waals surface area contributed by atoms with Gasteiger partial charge < -0.3 is 24.0 Å². The van der Waals surface area contributed by atoms with E-state index in [0.29, 0.717) is 36.2 Å². The summed E-state index contributed by atoms with van der Waals surface area (Å²) in [5, 5.41) is 10.8. The first kappa shape index (κ1) is 28.3. The van der Waals surface area contributed by atoms with Crippen molar-refractivity contribution in [3.63, 3.8) is 0 Å². The lowest BCUT2D eigenvalue weighted by Gasteiger charge is -2.37. The molecule has 3 aromatic rings. The second-order valence-corrected chi connectivity index (χ2v) is 12.9. The lowest BCUT2D eigenvalue weighted by Crippen LogP contribution is -2.51. The molecule has 3 fully saturated rings. The van der Waals surface area contributed by atoms with Gasteiger partial charge in [-0.1, -0.05) is 37.5 Å². The van der Waals surface area contributed by atoms with Gasteiger partial charge in [0.15, 0.2) is 0 Å². The first-order valence-corrected chi connectivity index (χ1v) is 15.2. The molecule has 10 heteroatoms. The van der Waals surface area contributed by atoms with Gasteiger partial charge in [-0.05, 0) is 62.8 Å².